The van der Waals surface area contributed by atoms with Gasteiger partial charge >= 0.3 is 0 Å². The Morgan fingerprint density at radius 1 is 1.33 bits per heavy atom. The van der Waals surface area contributed by atoms with Crippen LogP contribution in [0.15, 0.2) is 23.0 Å². The second-order valence-corrected chi connectivity index (χ2v) is 8.64. The highest BCUT2D eigenvalue weighted by atomic mass is 35.5. The van der Waals surface area contributed by atoms with Crippen LogP contribution < -0.4 is 16.2 Å². The molecule has 0 radical (unpaired) electrons. The van der Waals surface area contributed by atoms with E-state index >= 15 is 0 Å². The summed E-state index contributed by atoms with van der Waals surface area (Å²) >= 11 is 12.5. The molecule has 2 aromatic rings. The van der Waals surface area contributed by atoms with Gasteiger partial charge in [0.05, 0.1) is 21.3 Å². The van der Waals surface area contributed by atoms with E-state index < -0.39 is 0 Å². The van der Waals surface area contributed by atoms with Gasteiger partial charge in [-0.2, -0.15) is 0 Å². The molecular weight excluding hydrogens is 383 g/mol. The highest BCUT2D eigenvalue weighted by molar-refractivity contribution is 6.43. The Morgan fingerprint density at radius 2 is 2.11 bits per heavy atom. The lowest BCUT2D eigenvalue weighted by Gasteiger charge is -2.27. The van der Waals surface area contributed by atoms with Gasteiger partial charge in [-0.25, -0.2) is 4.98 Å². The van der Waals surface area contributed by atoms with Crippen molar-refractivity contribution in [1.29, 1.82) is 0 Å². The van der Waals surface area contributed by atoms with Crippen LogP contribution in [-0.4, -0.2) is 29.2 Å². The number of hydrogen-bond acceptors (Lipinski definition) is 4. The zero-order valence-corrected chi connectivity index (χ0v) is 17.1. The fraction of sp³-hybridized carbons (Fsp3) is 0.500. The maximum Gasteiger partial charge on any atom is 0.263 e. The summed E-state index contributed by atoms with van der Waals surface area (Å²) < 4.78 is 1.54. The second-order valence-electron chi connectivity index (χ2n) is 7.86. The van der Waals surface area contributed by atoms with Crippen LogP contribution in [-0.2, 0) is 0 Å². The number of benzene rings is 1. The van der Waals surface area contributed by atoms with Crippen molar-refractivity contribution in [3.8, 4) is 5.69 Å². The van der Waals surface area contributed by atoms with Crippen molar-refractivity contribution < 1.29 is 0 Å². The number of nitrogens with two attached hydrogens (primary N) is 1. The predicted octanol–water partition coefficient (Wildman–Crippen LogP) is 3.72. The normalized spacial score (nSPS) is 24.5. The van der Waals surface area contributed by atoms with Crippen molar-refractivity contribution in [1.82, 2.24) is 9.55 Å². The molecule has 2 N–H and O–H groups in total. The average Bonchev–Trinajstić information content (AvgIpc) is 3.19. The molecule has 144 valence electrons. The van der Waals surface area contributed by atoms with E-state index in [4.69, 9.17) is 33.9 Å². The lowest BCUT2D eigenvalue weighted by atomic mass is 9.81. The third kappa shape index (κ3) is 2.87. The first kappa shape index (κ1) is 18.8. The summed E-state index contributed by atoms with van der Waals surface area (Å²) in [6, 6.07) is 5.27. The van der Waals surface area contributed by atoms with Crippen LogP contribution in [0, 0.1) is 25.2 Å². The highest BCUT2D eigenvalue weighted by Gasteiger charge is 2.49. The minimum Gasteiger partial charge on any atom is -0.355 e. The van der Waals surface area contributed by atoms with Gasteiger partial charge in [-0.3, -0.25) is 9.36 Å². The van der Waals surface area contributed by atoms with Crippen LogP contribution in [0.4, 0.5) is 5.82 Å². The van der Waals surface area contributed by atoms with E-state index in [0.717, 1.165) is 25.3 Å². The molecule has 5 nitrogen and oxygen atoms in total. The van der Waals surface area contributed by atoms with E-state index in [2.05, 4.69) is 4.90 Å². The van der Waals surface area contributed by atoms with Crippen LogP contribution in [0.3, 0.4) is 0 Å². The standard InChI is InChI=1S/C20H24Cl2N4O/c1-12-18(25-9-14-5-4-8-20(14,10-23)11-25)24-13(2)26(19(12)27)16-7-3-6-15(21)17(16)22/h3,6-7,14H,4-5,8-11,23H2,1-2H3/t14-,20-/m1/s1. The Balaban J connectivity index is 1.78. The molecule has 2 fully saturated rings. The van der Waals surface area contributed by atoms with Gasteiger partial charge in [-0.05, 0) is 51.3 Å². The van der Waals surface area contributed by atoms with Crippen LogP contribution in [0.2, 0.25) is 10.0 Å². The van der Waals surface area contributed by atoms with Crippen LogP contribution in [0.1, 0.15) is 30.7 Å². The fourth-order valence-corrected chi connectivity index (χ4v) is 5.24. The largest absolute Gasteiger partial charge is 0.355 e. The number of nitrogens with zero attached hydrogens (tertiary/aromatic N) is 3. The molecule has 0 unspecified atom stereocenters. The molecule has 1 aromatic heterocycles. The molecule has 0 spiro atoms. The number of anilines is 1. The second kappa shape index (κ2) is 6.80. The van der Waals surface area contributed by atoms with Gasteiger partial charge in [0.2, 0.25) is 0 Å². The molecule has 0 bridgehead atoms. The van der Waals surface area contributed by atoms with Crippen molar-refractivity contribution in [3.05, 3.63) is 50.0 Å². The molecule has 0 amide bonds. The fourth-order valence-electron chi connectivity index (χ4n) is 4.86. The minimum atomic E-state index is -0.111. The molecule has 1 aromatic carbocycles. The SMILES string of the molecule is Cc1c(N2C[C@H]3CCC[C@@]3(CN)C2)nc(C)n(-c2cccc(Cl)c2Cl)c1=O. The van der Waals surface area contributed by atoms with Gasteiger partial charge < -0.3 is 10.6 Å². The summed E-state index contributed by atoms with van der Waals surface area (Å²) in [6.07, 6.45) is 3.62. The Morgan fingerprint density at radius 3 is 2.81 bits per heavy atom. The molecule has 1 saturated carbocycles. The van der Waals surface area contributed by atoms with E-state index in [0.29, 0.717) is 39.6 Å². The third-order valence-electron chi connectivity index (χ3n) is 6.37. The zero-order valence-electron chi connectivity index (χ0n) is 15.6. The van der Waals surface area contributed by atoms with Crippen molar-refractivity contribution in [3.63, 3.8) is 0 Å². The molecule has 1 aliphatic carbocycles. The van der Waals surface area contributed by atoms with Gasteiger partial charge in [0.25, 0.3) is 5.56 Å². The summed E-state index contributed by atoms with van der Waals surface area (Å²) in [7, 11) is 0. The van der Waals surface area contributed by atoms with E-state index in [-0.39, 0.29) is 11.0 Å². The molecule has 27 heavy (non-hydrogen) atoms. The lowest BCUT2D eigenvalue weighted by Crippen LogP contribution is -2.36. The summed E-state index contributed by atoms with van der Waals surface area (Å²) in [5.74, 6) is 1.96. The van der Waals surface area contributed by atoms with Crippen molar-refractivity contribution in [2.24, 2.45) is 17.1 Å². The van der Waals surface area contributed by atoms with Crippen LogP contribution in [0.25, 0.3) is 5.69 Å². The highest BCUT2D eigenvalue weighted by Crippen LogP contribution is 2.48. The quantitative estimate of drug-likeness (QED) is 0.843. The number of aromatic nitrogens is 2. The molecule has 1 saturated heterocycles. The Labute approximate surface area is 169 Å². The molecule has 2 heterocycles. The Bertz CT molecular complexity index is 958. The topological polar surface area (TPSA) is 64.2 Å². The van der Waals surface area contributed by atoms with Crippen molar-refractivity contribution in [2.75, 3.05) is 24.5 Å². The number of rotatable bonds is 3. The number of aryl methyl sites for hydroxylation is 1. The van der Waals surface area contributed by atoms with Gasteiger partial charge in [0.1, 0.15) is 11.6 Å². The monoisotopic (exact) mass is 406 g/mol. The first-order valence-electron chi connectivity index (χ1n) is 9.37. The summed E-state index contributed by atoms with van der Waals surface area (Å²) in [5.41, 5.74) is 7.39. The molecule has 1 aliphatic heterocycles. The van der Waals surface area contributed by atoms with E-state index in [1.165, 1.54) is 12.8 Å². The first-order chi connectivity index (χ1) is 12.9. The Kier molecular flexibility index (Phi) is 4.73. The molecular formula is C20H24Cl2N4O. The van der Waals surface area contributed by atoms with Crippen molar-refractivity contribution in [2.45, 2.75) is 33.1 Å². The van der Waals surface area contributed by atoms with Gasteiger partial charge in [-0.1, -0.05) is 35.7 Å². The molecule has 2 atom stereocenters. The van der Waals surface area contributed by atoms with E-state index in [1.807, 2.05) is 13.8 Å². The maximum atomic E-state index is 13.2. The number of halogens is 2. The summed E-state index contributed by atoms with van der Waals surface area (Å²) in [6.45, 7) is 6.16. The molecule has 2 aliphatic rings. The van der Waals surface area contributed by atoms with Crippen LogP contribution >= 0.6 is 23.2 Å². The lowest BCUT2D eigenvalue weighted by molar-refractivity contribution is 0.282. The average molecular weight is 407 g/mol. The Hall–Kier alpha value is -1.56. The zero-order chi connectivity index (χ0) is 19.3. The predicted molar refractivity (Wildman–Crippen MR) is 110 cm³/mol. The van der Waals surface area contributed by atoms with Crippen LogP contribution in [0.5, 0.6) is 0 Å². The summed E-state index contributed by atoms with van der Waals surface area (Å²) in [5, 5.41) is 0.774. The molecule has 7 heteroatoms. The van der Waals surface area contributed by atoms with E-state index in [1.54, 1.807) is 22.8 Å². The maximum absolute atomic E-state index is 13.2. The summed E-state index contributed by atoms with van der Waals surface area (Å²) in [4.78, 5) is 20.3. The first-order valence-corrected chi connectivity index (χ1v) is 10.1. The smallest absolute Gasteiger partial charge is 0.263 e. The number of fused-ring (bicyclic) bond motifs is 1. The van der Waals surface area contributed by atoms with E-state index in [9.17, 15) is 4.79 Å². The van der Waals surface area contributed by atoms with Gasteiger partial charge in [0, 0.05) is 18.5 Å². The molecule has 4 rings (SSSR count). The van der Waals surface area contributed by atoms with Crippen molar-refractivity contribution >= 4 is 29.0 Å². The number of hydrogen-bond donors (Lipinski definition) is 1. The van der Waals surface area contributed by atoms with Gasteiger partial charge in [-0.15, -0.1) is 0 Å². The minimum absolute atomic E-state index is 0.111. The van der Waals surface area contributed by atoms with Gasteiger partial charge in [0.15, 0.2) is 0 Å². The third-order valence-corrected chi connectivity index (χ3v) is 7.18.